The number of hydrogen-bond acceptors (Lipinski definition) is 11. The van der Waals surface area contributed by atoms with Crippen LogP contribution in [0.5, 0.6) is 5.75 Å². The van der Waals surface area contributed by atoms with Crippen LogP contribution in [0.4, 0.5) is 11.4 Å². The minimum Gasteiger partial charge on any atom is -0.468 e. The minimum atomic E-state index is -1.81. The Kier molecular flexibility index (Phi) is 5.43. The van der Waals surface area contributed by atoms with E-state index in [4.69, 9.17) is 14.7 Å². The Bertz CT molecular complexity index is 706. The van der Waals surface area contributed by atoms with Gasteiger partial charge >= 0.3 is 5.69 Å². The van der Waals surface area contributed by atoms with Crippen molar-refractivity contribution in [3.63, 3.8) is 0 Å². The highest BCUT2D eigenvalue weighted by Crippen LogP contribution is 2.31. The molecule has 4 N–H and O–H groups in total. The first kappa shape index (κ1) is 18.5. The lowest BCUT2D eigenvalue weighted by molar-refractivity contribution is -0.394. The number of aliphatic hydroxyl groups is 4. The summed E-state index contributed by atoms with van der Waals surface area (Å²) in [7, 11) is 0. The molecular formula is C12H13N3O10. The normalized spacial score (nSPS) is 27.6. The number of nitro benzene ring substituents is 2. The topological polar surface area (TPSA) is 198 Å². The van der Waals surface area contributed by atoms with Crippen LogP contribution >= 0.6 is 0 Å². The highest BCUT2D eigenvalue weighted by atomic mass is 16.7. The lowest BCUT2D eigenvalue weighted by Crippen LogP contribution is -2.56. The number of benzene rings is 1. The number of rotatable bonds is 5. The summed E-state index contributed by atoms with van der Waals surface area (Å²) >= 11 is 0. The molecule has 1 aromatic carbocycles. The third-order valence-corrected chi connectivity index (χ3v) is 3.34. The van der Waals surface area contributed by atoms with Crippen LogP contribution < -0.4 is 4.84 Å². The molecule has 25 heavy (non-hydrogen) atoms. The van der Waals surface area contributed by atoms with Gasteiger partial charge in [0.15, 0.2) is 12.2 Å². The van der Waals surface area contributed by atoms with Crippen LogP contribution in [-0.2, 0) is 4.74 Å². The second kappa shape index (κ2) is 7.35. The van der Waals surface area contributed by atoms with Gasteiger partial charge in [0.25, 0.3) is 11.6 Å². The van der Waals surface area contributed by atoms with E-state index in [0.29, 0.717) is 6.07 Å². The molecule has 1 aromatic rings. The summed E-state index contributed by atoms with van der Waals surface area (Å²) in [6.45, 7) is -0.707. The summed E-state index contributed by atoms with van der Waals surface area (Å²) in [4.78, 5) is 24.6. The van der Waals surface area contributed by atoms with Crippen molar-refractivity contribution in [1.82, 2.24) is 0 Å². The summed E-state index contributed by atoms with van der Waals surface area (Å²) < 4.78 is 4.95. The van der Waals surface area contributed by atoms with Crippen LogP contribution in [0.3, 0.4) is 0 Å². The standard InChI is InChI=1S/C12H13N3O10/c16-4-8-9(17)10(18)11(19)12(24-8)13-25-7-2-1-5(14(20)21)3-6(7)15(22)23/h1-3,8-11,16-19H,4H2/b13-12-. The number of non-ortho nitro benzene ring substituents is 1. The molecule has 136 valence electrons. The average Bonchev–Trinajstić information content (AvgIpc) is 2.58. The first-order valence-corrected chi connectivity index (χ1v) is 6.75. The summed E-state index contributed by atoms with van der Waals surface area (Å²) in [5.74, 6) is -1.12. The first-order valence-electron chi connectivity index (χ1n) is 6.75. The predicted octanol–water partition coefficient (Wildman–Crippen LogP) is -1.33. The maximum absolute atomic E-state index is 11.0. The third kappa shape index (κ3) is 3.80. The van der Waals surface area contributed by atoms with Gasteiger partial charge in [0.05, 0.1) is 22.5 Å². The number of aliphatic hydroxyl groups excluding tert-OH is 4. The van der Waals surface area contributed by atoms with E-state index in [1.54, 1.807) is 0 Å². The number of oxime groups is 1. The molecule has 13 nitrogen and oxygen atoms in total. The quantitative estimate of drug-likeness (QED) is 0.361. The average molecular weight is 359 g/mol. The zero-order valence-corrected chi connectivity index (χ0v) is 12.3. The van der Waals surface area contributed by atoms with E-state index >= 15 is 0 Å². The summed E-state index contributed by atoms with van der Waals surface area (Å²) in [5, 5.41) is 63.0. The van der Waals surface area contributed by atoms with Gasteiger partial charge in [-0.2, -0.15) is 0 Å². The number of nitro groups is 2. The lowest BCUT2D eigenvalue weighted by Gasteiger charge is -2.34. The molecule has 0 saturated carbocycles. The van der Waals surface area contributed by atoms with E-state index in [1.165, 1.54) is 0 Å². The predicted molar refractivity (Wildman–Crippen MR) is 77.8 cm³/mol. The summed E-state index contributed by atoms with van der Waals surface area (Å²) in [5.41, 5.74) is -1.30. The van der Waals surface area contributed by atoms with E-state index in [2.05, 4.69) is 5.16 Å². The fourth-order valence-corrected chi connectivity index (χ4v) is 2.00. The molecule has 0 amide bonds. The molecule has 2 rings (SSSR count). The van der Waals surface area contributed by atoms with Gasteiger partial charge in [-0.25, -0.2) is 0 Å². The van der Waals surface area contributed by atoms with Crippen LogP contribution in [0, 0.1) is 20.2 Å². The van der Waals surface area contributed by atoms with Crippen LogP contribution in [0.1, 0.15) is 0 Å². The molecule has 4 atom stereocenters. The Morgan fingerprint density at radius 2 is 1.84 bits per heavy atom. The van der Waals surface area contributed by atoms with Gasteiger partial charge in [-0.05, 0) is 11.2 Å². The monoisotopic (exact) mass is 359 g/mol. The summed E-state index contributed by atoms with van der Waals surface area (Å²) in [6, 6.07) is 2.52. The smallest absolute Gasteiger partial charge is 0.321 e. The van der Waals surface area contributed by atoms with Gasteiger partial charge in [-0.3, -0.25) is 20.2 Å². The van der Waals surface area contributed by atoms with E-state index < -0.39 is 63.9 Å². The Hall–Kier alpha value is -2.87. The molecule has 1 aliphatic rings. The number of nitrogens with zero attached hydrogens (tertiary/aromatic N) is 3. The molecule has 0 aliphatic carbocycles. The molecular weight excluding hydrogens is 346 g/mol. The van der Waals surface area contributed by atoms with Gasteiger partial charge in [0.1, 0.15) is 12.2 Å². The first-order chi connectivity index (χ1) is 11.8. The van der Waals surface area contributed by atoms with Gasteiger partial charge in [-0.1, -0.05) is 0 Å². The maximum atomic E-state index is 11.0. The van der Waals surface area contributed by atoms with Gasteiger partial charge in [0.2, 0.25) is 5.75 Å². The van der Waals surface area contributed by atoms with Crippen molar-refractivity contribution in [2.75, 3.05) is 6.61 Å². The molecule has 1 saturated heterocycles. The van der Waals surface area contributed by atoms with E-state index in [9.17, 15) is 35.5 Å². The zero-order valence-electron chi connectivity index (χ0n) is 12.3. The fourth-order valence-electron chi connectivity index (χ4n) is 2.00. The Morgan fingerprint density at radius 1 is 1.16 bits per heavy atom. The highest BCUT2D eigenvalue weighted by molar-refractivity contribution is 5.82. The van der Waals surface area contributed by atoms with E-state index in [1.807, 2.05) is 0 Å². The Balaban J connectivity index is 2.28. The number of hydrogen-bond donors (Lipinski definition) is 4. The molecule has 4 unspecified atom stereocenters. The third-order valence-electron chi connectivity index (χ3n) is 3.34. The molecule has 0 radical (unpaired) electrons. The zero-order chi connectivity index (χ0) is 18.7. The largest absolute Gasteiger partial charge is 0.468 e. The maximum Gasteiger partial charge on any atom is 0.321 e. The minimum absolute atomic E-state index is 0.486. The van der Waals surface area contributed by atoms with Gasteiger partial charge in [0, 0.05) is 6.07 Å². The van der Waals surface area contributed by atoms with Crippen LogP contribution in [0.15, 0.2) is 23.4 Å². The molecule has 1 fully saturated rings. The molecule has 13 heteroatoms. The fraction of sp³-hybridized carbons (Fsp3) is 0.417. The molecule has 0 aromatic heterocycles. The van der Waals surface area contributed by atoms with E-state index in [-0.39, 0.29) is 0 Å². The van der Waals surface area contributed by atoms with Crippen molar-refractivity contribution in [2.24, 2.45) is 5.16 Å². The van der Waals surface area contributed by atoms with Gasteiger partial charge in [-0.15, -0.1) is 0 Å². The van der Waals surface area contributed by atoms with E-state index in [0.717, 1.165) is 12.1 Å². The molecule has 1 heterocycles. The van der Waals surface area contributed by atoms with Crippen molar-refractivity contribution in [3.05, 3.63) is 38.4 Å². The second-order valence-corrected chi connectivity index (χ2v) is 4.95. The molecule has 1 aliphatic heterocycles. The summed E-state index contributed by atoms with van der Waals surface area (Å²) in [6.07, 6.45) is -6.43. The van der Waals surface area contributed by atoms with Gasteiger partial charge < -0.3 is 30.0 Å². The SMILES string of the molecule is O=[N+]([O-])c1ccc(O/N=C2\OC(CO)C(O)C(O)C2O)c([N+](=O)[O-])c1. The van der Waals surface area contributed by atoms with Crippen molar-refractivity contribution < 1.29 is 39.8 Å². The highest BCUT2D eigenvalue weighted by Gasteiger charge is 2.42. The molecule has 0 spiro atoms. The van der Waals surface area contributed by atoms with Crippen LogP contribution in [0.25, 0.3) is 0 Å². The number of ether oxygens (including phenoxy) is 1. The Morgan fingerprint density at radius 3 is 2.40 bits per heavy atom. The van der Waals surface area contributed by atoms with Crippen LogP contribution in [0.2, 0.25) is 0 Å². The van der Waals surface area contributed by atoms with Crippen molar-refractivity contribution in [1.29, 1.82) is 0 Å². The molecule has 0 bridgehead atoms. The van der Waals surface area contributed by atoms with Crippen molar-refractivity contribution in [2.45, 2.75) is 24.4 Å². The van der Waals surface area contributed by atoms with Crippen LogP contribution in [-0.4, -0.2) is 67.2 Å². The lowest BCUT2D eigenvalue weighted by atomic mass is 10.00. The Labute approximate surface area is 138 Å². The van der Waals surface area contributed by atoms with Crippen molar-refractivity contribution >= 4 is 17.3 Å². The second-order valence-electron chi connectivity index (χ2n) is 4.95. The van der Waals surface area contributed by atoms with Crippen molar-refractivity contribution in [3.8, 4) is 5.75 Å².